The molecular formula is C8H11N3. The van der Waals surface area contributed by atoms with Crippen molar-refractivity contribution in [3.05, 3.63) is 30.1 Å². The van der Waals surface area contributed by atoms with Crippen LogP contribution >= 0.6 is 0 Å². The first-order chi connectivity index (χ1) is 5.33. The first kappa shape index (κ1) is 7.88. The highest BCUT2D eigenvalue weighted by molar-refractivity contribution is 5.60. The van der Waals surface area contributed by atoms with E-state index in [2.05, 4.69) is 4.98 Å². The van der Waals surface area contributed by atoms with Crippen molar-refractivity contribution in [2.75, 3.05) is 0 Å². The summed E-state index contributed by atoms with van der Waals surface area (Å²) in [6.07, 6.45) is 5.42. The van der Waals surface area contributed by atoms with Crippen LogP contribution in [0.1, 0.15) is 5.56 Å². The summed E-state index contributed by atoms with van der Waals surface area (Å²) in [7, 11) is 0. The molecule has 0 spiro atoms. The number of pyridine rings is 1. The van der Waals surface area contributed by atoms with Gasteiger partial charge in [0.25, 0.3) is 0 Å². The summed E-state index contributed by atoms with van der Waals surface area (Å²) < 4.78 is 0. The fourth-order valence-corrected chi connectivity index (χ4v) is 0.850. The van der Waals surface area contributed by atoms with Gasteiger partial charge in [-0.2, -0.15) is 0 Å². The van der Waals surface area contributed by atoms with Crippen LogP contribution < -0.4 is 5.73 Å². The van der Waals surface area contributed by atoms with Gasteiger partial charge in [0.1, 0.15) is 0 Å². The van der Waals surface area contributed by atoms with E-state index in [9.17, 15) is 0 Å². The Balaban J connectivity index is 2.57. The van der Waals surface area contributed by atoms with Crippen LogP contribution in [-0.4, -0.2) is 17.2 Å². The molecule has 0 aliphatic carbocycles. The molecule has 3 nitrogen and oxygen atoms in total. The fourth-order valence-electron chi connectivity index (χ4n) is 0.850. The first-order valence-electron chi connectivity index (χ1n) is 3.48. The van der Waals surface area contributed by atoms with E-state index in [1.165, 1.54) is 6.21 Å². The van der Waals surface area contributed by atoms with Crippen molar-refractivity contribution in [3.8, 4) is 0 Å². The molecule has 3 heteroatoms. The molecule has 58 valence electrons. The second kappa shape index (κ2) is 3.83. The molecular weight excluding hydrogens is 138 g/mol. The summed E-state index contributed by atoms with van der Waals surface area (Å²) in [4.78, 5) is 3.88. The molecule has 0 bridgehead atoms. The van der Waals surface area contributed by atoms with Crippen LogP contribution in [0.15, 0.2) is 24.5 Å². The molecule has 1 aromatic rings. The molecule has 0 saturated heterocycles. The number of nitrogens with zero attached hydrogens (tertiary/aromatic N) is 1. The Morgan fingerprint density at radius 3 is 2.73 bits per heavy atom. The second-order valence-electron chi connectivity index (χ2n) is 2.39. The zero-order valence-corrected chi connectivity index (χ0v) is 6.20. The molecule has 0 fully saturated rings. The maximum absolute atomic E-state index is 6.89. The normalized spacial score (nSPS) is 12.5. The Morgan fingerprint density at radius 1 is 1.55 bits per heavy atom. The summed E-state index contributed by atoms with van der Waals surface area (Å²) in [6, 6.07) is 3.64. The lowest BCUT2D eigenvalue weighted by Gasteiger charge is -2.03. The Labute approximate surface area is 65.8 Å². The molecule has 1 unspecified atom stereocenters. The van der Waals surface area contributed by atoms with Gasteiger partial charge in [-0.05, 0) is 24.1 Å². The van der Waals surface area contributed by atoms with Crippen LogP contribution in [0.2, 0.25) is 0 Å². The Kier molecular flexibility index (Phi) is 2.74. The highest BCUT2D eigenvalue weighted by Gasteiger charge is 1.97. The number of hydrogen-bond donors (Lipinski definition) is 2. The van der Waals surface area contributed by atoms with E-state index in [0.717, 1.165) is 5.56 Å². The standard InChI is InChI=1S/C8H11N3/c9-6-8(10)5-7-1-3-11-4-2-7/h1-4,6,8-9H,5,10H2. The topological polar surface area (TPSA) is 62.8 Å². The highest BCUT2D eigenvalue weighted by Crippen LogP contribution is 1.98. The monoisotopic (exact) mass is 149 g/mol. The van der Waals surface area contributed by atoms with Gasteiger partial charge in [-0.1, -0.05) is 0 Å². The van der Waals surface area contributed by atoms with E-state index < -0.39 is 0 Å². The predicted molar refractivity (Wildman–Crippen MR) is 44.7 cm³/mol. The van der Waals surface area contributed by atoms with Crippen molar-refractivity contribution in [1.82, 2.24) is 4.98 Å². The minimum absolute atomic E-state index is 0.169. The van der Waals surface area contributed by atoms with Crippen molar-refractivity contribution in [2.45, 2.75) is 12.5 Å². The van der Waals surface area contributed by atoms with Crippen LogP contribution in [0.3, 0.4) is 0 Å². The van der Waals surface area contributed by atoms with E-state index in [1.54, 1.807) is 12.4 Å². The van der Waals surface area contributed by atoms with Crippen molar-refractivity contribution in [3.63, 3.8) is 0 Å². The molecule has 0 radical (unpaired) electrons. The Bertz CT molecular complexity index is 220. The zero-order chi connectivity index (χ0) is 8.10. The average molecular weight is 149 g/mol. The molecule has 3 N–H and O–H groups in total. The van der Waals surface area contributed by atoms with Crippen LogP contribution in [0, 0.1) is 5.41 Å². The lowest BCUT2D eigenvalue weighted by atomic mass is 10.1. The summed E-state index contributed by atoms with van der Waals surface area (Å²) >= 11 is 0. The van der Waals surface area contributed by atoms with Gasteiger partial charge in [0.2, 0.25) is 0 Å². The minimum atomic E-state index is -0.169. The van der Waals surface area contributed by atoms with Crippen molar-refractivity contribution in [2.24, 2.45) is 5.73 Å². The summed E-state index contributed by atoms with van der Waals surface area (Å²) in [5.74, 6) is 0. The van der Waals surface area contributed by atoms with E-state index >= 15 is 0 Å². The molecule has 1 rings (SSSR count). The molecule has 1 atom stereocenters. The number of aromatic nitrogens is 1. The van der Waals surface area contributed by atoms with Gasteiger partial charge >= 0.3 is 0 Å². The minimum Gasteiger partial charge on any atom is -0.323 e. The zero-order valence-electron chi connectivity index (χ0n) is 6.20. The third kappa shape index (κ3) is 2.47. The smallest absolute Gasteiger partial charge is 0.0433 e. The molecule has 1 heterocycles. The SMILES string of the molecule is N=CC(N)Cc1ccncc1. The summed E-state index contributed by atoms with van der Waals surface area (Å²) in [6.45, 7) is 0. The average Bonchev–Trinajstić information content (AvgIpc) is 2.06. The van der Waals surface area contributed by atoms with Crippen LogP contribution in [0.5, 0.6) is 0 Å². The summed E-state index contributed by atoms with van der Waals surface area (Å²) in [5.41, 5.74) is 6.66. The quantitative estimate of drug-likeness (QED) is 0.618. The molecule has 11 heavy (non-hydrogen) atoms. The molecule has 0 aliphatic heterocycles. The van der Waals surface area contributed by atoms with Crippen molar-refractivity contribution >= 4 is 6.21 Å². The molecule has 0 aliphatic rings. The van der Waals surface area contributed by atoms with Crippen LogP contribution in [-0.2, 0) is 6.42 Å². The van der Waals surface area contributed by atoms with Gasteiger partial charge in [-0.3, -0.25) is 4.98 Å². The van der Waals surface area contributed by atoms with Gasteiger partial charge < -0.3 is 11.1 Å². The van der Waals surface area contributed by atoms with E-state index in [-0.39, 0.29) is 6.04 Å². The number of rotatable bonds is 3. The van der Waals surface area contributed by atoms with Crippen LogP contribution in [0.25, 0.3) is 0 Å². The highest BCUT2D eigenvalue weighted by atomic mass is 14.6. The van der Waals surface area contributed by atoms with Gasteiger partial charge in [0, 0.05) is 24.7 Å². The Hall–Kier alpha value is -1.22. The van der Waals surface area contributed by atoms with Gasteiger partial charge in [-0.15, -0.1) is 0 Å². The third-order valence-electron chi connectivity index (χ3n) is 1.43. The number of hydrogen-bond acceptors (Lipinski definition) is 3. The third-order valence-corrected chi connectivity index (χ3v) is 1.43. The van der Waals surface area contributed by atoms with Gasteiger partial charge in [-0.25, -0.2) is 0 Å². The van der Waals surface area contributed by atoms with Crippen LogP contribution in [0.4, 0.5) is 0 Å². The van der Waals surface area contributed by atoms with Gasteiger partial charge in [0.15, 0.2) is 0 Å². The predicted octanol–water partition coefficient (Wildman–Crippen LogP) is 0.601. The number of nitrogens with one attached hydrogen (secondary N) is 1. The van der Waals surface area contributed by atoms with Crippen molar-refractivity contribution < 1.29 is 0 Å². The molecule has 0 saturated carbocycles. The van der Waals surface area contributed by atoms with Crippen molar-refractivity contribution in [1.29, 1.82) is 5.41 Å². The van der Waals surface area contributed by atoms with E-state index in [1.807, 2.05) is 12.1 Å². The first-order valence-corrected chi connectivity index (χ1v) is 3.48. The Morgan fingerprint density at radius 2 is 2.18 bits per heavy atom. The molecule has 0 amide bonds. The maximum atomic E-state index is 6.89. The number of nitrogens with two attached hydrogens (primary N) is 1. The lowest BCUT2D eigenvalue weighted by molar-refractivity contribution is 0.858. The maximum Gasteiger partial charge on any atom is 0.0433 e. The molecule has 1 aromatic heterocycles. The fraction of sp³-hybridized carbons (Fsp3) is 0.250. The van der Waals surface area contributed by atoms with E-state index in [4.69, 9.17) is 11.1 Å². The second-order valence-corrected chi connectivity index (χ2v) is 2.39. The van der Waals surface area contributed by atoms with Gasteiger partial charge in [0.05, 0.1) is 0 Å². The summed E-state index contributed by atoms with van der Waals surface area (Å²) in [5, 5.41) is 6.89. The molecule has 0 aromatic carbocycles. The lowest BCUT2D eigenvalue weighted by Crippen LogP contribution is -2.23. The largest absolute Gasteiger partial charge is 0.323 e. The van der Waals surface area contributed by atoms with E-state index in [0.29, 0.717) is 6.42 Å².